The Morgan fingerprint density at radius 2 is 1.94 bits per heavy atom. The van der Waals surface area contributed by atoms with Gasteiger partial charge in [0.2, 0.25) is 0 Å². The fourth-order valence-corrected chi connectivity index (χ4v) is 6.49. The highest BCUT2D eigenvalue weighted by Crippen LogP contribution is 2.62. The molecule has 2 aliphatic carbocycles. The average Bonchev–Trinajstić information content (AvgIpc) is 2.80. The highest BCUT2D eigenvalue weighted by atomic mass is 16.5. The molecule has 6 unspecified atom stereocenters. The summed E-state index contributed by atoms with van der Waals surface area (Å²) < 4.78 is 5.59. The van der Waals surface area contributed by atoms with Gasteiger partial charge >= 0.3 is 11.9 Å². The molecule has 0 amide bonds. The molecule has 1 saturated carbocycles. The van der Waals surface area contributed by atoms with Crippen LogP contribution in [0.5, 0.6) is 11.5 Å². The highest BCUT2D eigenvalue weighted by Gasteiger charge is 2.56. The molecule has 7 nitrogen and oxygen atoms in total. The number of fused-ring (bicyclic) bond motifs is 1. The number of aliphatic hydroxyl groups is 1. The molecule has 1 fully saturated rings. The Morgan fingerprint density at radius 3 is 2.61 bits per heavy atom. The quantitative estimate of drug-likeness (QED) is 0.157. The van der Waals surface area contributed by atoms with Gasteiger partial charge in [-0.3, -0.25) is 4.79 Å². The maximum atomic E-state index is 12.4. The van der Waals surface area contributed by atoms with Crippen molar-refractivity contribution in [3.8, 4) is 11.5 Å². The van der Waals surface area contributed by atoms with Crippen LogP contribution in [0, 0.1) is 28.6 Å². The number of aliphatic carboxylic acids is 1. The van der Waals surface area contributed by atoms with Gasteiger partial charge in [-0.05, 0) is 90.0 Å². The first-order chi connectivity index (χ1) is 16.9. The van der Waals surface area contributed by atoms with Crippen molar-refractivity contribution in [3.05, 3.63) is 41.5 Å². The van der Waals surface area contributed by atoms with Crippen molar-refractivity contribution < 1.29 is 34.8 Å². The lowest BCUT2D eigenvalue weighted by molar-refractivity contribution is -0.141. The number of carboxylic acids is 1. The second-order valence-electron chi connectivity index (χ2n) is 11.3. The van der Waals surface area contributed by atoms with Crippen molar-refractivity contribution in [1.82, 2.24) is 0 Å². The normalized spacial score (nSPS) is 30.9. The van der Waals surface area contributed by atoms with Gasteiger partial charge in [-0.1, -0.05) is 39.8 Å². The van der Waals surface area contributed by atoms with E-state index in [9.17, 15) is 24.9 Å². The smallest absolute Gasteiger partial charge is 0.331 e. The lowest BCUT2D eigenvalue weighted by atomic mass is 9.46. The van der Waals surface area contributed by atoms with E-state index < -0.39 is 18.0 Å². The minimum atomic E-state index is -0.782. The minimum absolute atomic E-state index is 0.0682. The minimum Gasteiger partial charge on any atom is -0.504 e. The van der Waals surface area contributed by atoms with Crippen LogP contribution in [0.15, 0.2) is 35.9 Å². The van der Waals surface area contributed by atoms with E-state index in [1.807, 2.05) is 6.92 Å². The molecule has 0 bridgehead atoms. The molecule has 7 heteroatoms. The van der Waals surface area contributed by atoms with Crippen molar-refractivity contribution in [3.63, 3.8) is 0 Å². The summed E-state index contributed by atoms with van der Waals surface area (Å²) in [6.07, 6.45) is 8.69. The fraction of sp³-hybridized carbons (Fsp3) is 0.586. The summed E-state index contributed by atoms with van der Waals surface area (Å²) in [4.78, 5) is 23.6. The van der Waals surface area contributed by atoms with Crippen molar-refractivity contribution in [2.75, 3.05) is 6.61 Å². The number of ether oxygens (including phenoxy) is 1. The molecule has 3 rings (SSSR count). The molecule has 4 N–H and O–H groups in total. The number of aliphatic hydroxyl groups excluding tert-OH is 1. The third-order valence-electron chi connectivity index (χ3n) is 8.88. The van der Waals surface area contributed by atoms with Crippen LogP contribution in [-0.4, -0.2) is 45.1 Å². The van der Waals surface area contributed by atoms with E-state index in [-0.39, 0.29) is 53.1 Å². The summed E-state index contributed by atoms with van der Waals surface area (Å²) in [6, 6.07) is 4.29. The van der Waals surface area contributed by atoms with Crippen LogP contribution in [0.1, 0.15) is 71.8 Å². The van der Waals surface area contributed by atoms with Crippen molar-refractivity contribution in [2.45, 2.75) is 72.3 Å². The summed E-state index contributed by atoms with van der Waals surface area (Å²) in [6.45, 7) is 8.62. The molecule has 0 aromatic heterocycles. The molecule has 0 aliphatic heterocycles. The number of hydrogen-bond donors (Lipinski definition) is 4. The summed E-state index contributed by atoms with van der Waals surface area (Å²) >= 11 is 0. The van der Waals surface area contributed by atoms with E-state index >= 15 is 0 Å². The Morgan fingerprint density at radius 1 is 1.22 bits per heavy atom. The Kier molecular flexibility index (Phi) is 8.55. The van der Waals surface area contributed by atoms with Crippen LogP contribution >= 0.6 is 0 Å². The number of aromatic hydroxyl groups is 2. The zero-order valence-electron chi connectivity index (χ0n) is 21.7. The molecule has 6 atom stereocenters. The Labute approximate surface area is 213 Å². The molecule has 36 heavy (non-hydrogen) atoms. The van der Waals surface area contributed by atoms with E-state index in [4.69, 9.17) is 9.84 Å². The van der Waals surface area contributed by atoms with E-state index in [1.165, 1.54) is 24.3 Å². The van der Waals surface area contributed by atoms with Gasteiger partial charge in [0, 0.05) is 12.5 Å². The van der Waals surface area contributed by atoms with Gasteiger partial charge in [-0.2, -0.15) is 0 Å². The van der Waals surface area contributed by atoms with Crippen molar-refractivity contribution >= 4 is 18.0 Å². The molecular weight excluding hydrogens is 460 g/mol. The van der Waals surface area contributed by atoms with Crippen molar-refractivity contribution in [1.29, 1.82) is 0 Å². The van der Waals surface area contributed by atoms with Crippen LogP contribution in [-0.2, 0) is 14.3 Å². The van der Waals surface area contributed by atoms with Crippen LogP contribution in [0.2, 0.25) is 0 Å². The lowest BCUT2D eigenvalue weighted by Crippen LogP contribution is -2.55. The topological polar surface area (TPSA) is 124 Å². The van der Waals surface area contributed by atoms with Crippen LogP contribution in [0.4, 0.5) is 0 Å². The van der Waals surface area contributed by atoms with Gasteiger partial charge in [0.25, 0.3) is 0 Å². The lowest BCUT2D eigenvalue weighted by Gasteiger charge is -2.60. The second-order valence-corrected chi connectivity index (χ2v) is 11.3. The number of phenols is 2. The molecule has 0 radical (unpaired) electrons. The van der Waals surface area contributed by atoms with Gasteiger partial charge in [-0.25, -0.2) is 4.79 Å². The SMILES string of the molecule is CC(CCC1(C)C(C)C(O)CC2(C)C(COC(=O)C=Cc3ccc(O)c(O)c3)=CCCC21)CC(=O)O. The number of esters is 1. The van der Waals surface area contributed by atoms with E-state index in [2.05, 4.69) is 26.8 Å². The zero-order chi connectivity index (χ0) is 26.7. The number of carbonyl (C=O) groups is 2. The summed E-state index contributed by atoms with van der Waals surface area (Å²) in [5, 5.41) is 39.3. The number of benzene rings is 1. The number of phenolic OH excluding ortho intramolecular Hbond substituents is 2. The number of carboxylic acid groups (broad SMARTS) is 1. The molecule has 2 aliphatic rings. The Bertz CT molecular complexity index is 1030. The standard InChI is InChI=1S/C29H40O7/c1-18(14-26(33)34)12-13-28(3)19(2)24(32)16-29(4)21(6-5-7-25(28)29)17-36-27(35)11-9-20-8-10-22(30)23(31)15-20/h6,8-11,15,18-19,24-25,30-32H,5,7,12-14,16-17H2,1-4H3,(H,33,34). The zero-order valence-corrected chi connectivity index (χ0v) is 21.7. The summed E-state index contributed by atoms with van der Waals surface area (Å²) in [5.74, 6) is -1.34. The number of allylic oxidation sites excluding steroid dienone is 1. The molecule has 198 valence electrons. The first kappa shape index (κ1) is 27.8. The number of hydrogen-bond acceptors (Lipinski definition) is 6. The highest BCUT2D eigenvalue weighted by molar-refractivity contribution is 5.87. The maximum absolute atomic E-state index is 12.4. The summed E-state index contributed by atoms with van der Waals surface area (Å²) in [7, 11) is 0. The molecule has 0 heterocycles. The largest absolute Gasteiger partial charge is 0.504 e. The molecule has 1 aromatic carbocycles. The van der Waals surface area contributed by atoms with Gasteiger partial charge in [0.1, 0.15) is 6.61 Å². The van der Waals surface area contributed by atoms with Gasteiger partial charge in [-0.15, -0.1) is 0 Å². The average molecular weight is 501 g/mol. The van der Waals surface area contributed by atoms with Crippen LogP contribution in [0.25, 0.3) is 6.08 Å². The second kappa shape index (κ2) is 11.1. The third kappa shape index (κ3) is 5.94. The predicted molar refractivity (Wildman–Crippen MR) is 137 cm³/mol. The number of rotatable bonds is 9. The van der Waals surface area contributed by atoms with Crippen LogP contribution in [0.3, 0.4) is 0 Å². The van der Waals surface area contributed by atoms with E-state index in [0.717, 1.165) is 31.3 Å². The van der Waals surface area contributed by atoms with Gasteiger partial charge < -0.3 is 25.2 Å². The van der Waals surface area contributed by atoms with Gasteiger partial charge in [0.15, 0.2) is 11.5 Å². The summed E-state index contributed by atoms with van der Waals surface area (Å²) in [5.41, 5.74) is 1.10. The first-order valence-electron chi connectivity index (χ1n) is 12.8. The Hall–Kier alpha value is -2.80. The van der Waals surface area contributed by atoms with E-state index in [1.54, 1.807) is 6.07 Å². The van der Waals surface area contributed by atoms with Crippen molar-refractivity contribution in [2.24, 2.45) is 28.6 Å². The van der Waals surface area contributed by atoms with Gasteiger partial charge in [0.05, 0.1) is 6.10 Å². The fourth-order valence-electron chi connectivity index (χ4n) is 6.49. The molecule has 0 spiro atoms. The molecule has 0 saturated heterocycles. The van der Waals surface area contributed by atoms with Crippen LogP contribution < -0.4 is 0 Å². The number of carbonyl (C=O) groups excluding carboxylic acids is 1. The first-order valence-corrected chi connectivity index (χ1v) is 12.8. The third-order valence-corrected chi connectivity index (χ3v) is 8.88. The predicted octanol–water partition coefficient (Wildman–Crippen LogP) is 5.29. The molecular formula is C29H40O7. The van der Waals surface area contributed by atoms with E-state index in [0.29, 0.717) is 12.0 Å². The Balaban J connectivity index is 1.71. The monoisotopic (exact) mass is 500 g/mol. The molecule has 1 aromatic rings. The maximum Gasteiger partial charge on any atom is 0.331 e.